The first kappa shape index (κ1) is 34.7. The summed E-state index contributed by atoms with van der Waals surface area (Å²) in [6.45, 7) is 8.28. The normalized spacial score (nSPS) is 15.7. The monoisotopic (exact) mass is 634 g/mol. The zero-order valence-electron chi connectivity index (χ0n) is 28.3. The van der Waals surface area contributed by atoms with Crippen LogP contribution in [0.3, 0.4) is 0 Å². The van der Waals surface area contributed by atoms with Gasteiger partial charge in [0.05, 0.1) is 28.4 Å². The van der Waals surface area contributed by atoms with Crippen LogP contribution >= 0.6 is 0 Å². The molecule has 2 aliphatic rings. The second-order valence-corrected chi connectivity index (χ2v) is 12.4. The summed E-state index contributed by atoms with van der Waals surface area (Å²) in [7, 11) is 6.37. The summed E-state index contributed by atoms with van der Waals surface area (Å²) in [6, 6.07) is 26.4. The first-order chi connectivity index (χ1) is 22.4. The standard InChI is InChI=1S/C20H20O3.C13H16O3.C7H6O/c1-20(2)15-12-18(23-4)17(22-3)11-14(15)19(21)16(20)10-13-8-6-5-7-9-13;1-13(2)7-10(14)8-5-11(15-3)12(16-4)6-9(8)13;8-6-7-4-2-1-3-5-7/h5-12H,1-4H3;5-6H,7H2,1-4H3;1-6H. The fraction of sp³-hybridized carbons (Fsp3) is 0.275. The van der Waals surface area contributed by atoms with E-state index in [9.17, 15) is 14.4 Å². The van der Waals surface area contributed by atoms with Crippen molar-refractivity contribution < 1.29 is 33.3 Å². The molecule has 7 heteroatoms. The summed E-state index contributed by atoms with van der Waals surface area (Å²) in [5.41, 5.74) is 5.54. The van der Waals surface area contributed by atoms with Gasteiger partial charge >= 0.3 is 0 Å². The van der Waals surface area contributed by atoms with Gasteiger partial charge in [0.1, 0.15) is 6.29 Å². The van der Waals surface area contributed by atoms with Crippen LogP contribution in [0.5, 0.6) is 23.0 Å². The maximum Gasteiger partial charge on any atom is 0.190 e. The van der Waals surface area contributed by atoms with Gasteiger partial charge in [-0.2, -0.15) is 0 Å². The molecule has 0 atom stereocenters. The van der Waals surface area contributed by atoms with Crippen molar-refractivity contribution in [3.63, 3.8) is 0 Å². The van der Waals surface area contributed by atoms with Crippen LogP contribution in [0.25, 0.3) is 6.08 Å². The van der Waals surface area contributed by atoms with Crippen LogP contribution < -0.4 is 18.9 Å². The SMILES string of the molecule is COc1cc2c(cc1OC)C(C)(C)C(=Cc1ccccc1)C2=O.COc1cc2c(cc1OC)C(C)(C)CC2=O.O=Cc1ccccc1. The Hall–Kier alpha value is -5.17. The zero-order valence-corrected chi connectivity index (χ0v) is 28.3. The number of Topliss-reactive ketones (excluding diaryl/α,β-unsaturated/α-hetero) is 2. The van der Waals surface area contributed by atoms with Gasteiger partial charge in [-0.15, -0.1) is 0 Å². The summed E-state index contributed by atoms with van der Waals surface area (Å²) in [6.07, 6.45) is 3.36. The minimum absolute atomic E-state index is 0.0507. The summed E-state index contributed by atoms with van der Waals surface area (Å²) >= 11 is 0. The molecule has 0 aromatic heterocycles. The summed E-state index contributed by atoms with van der Waals surface area (Å²) in [5.74, 6) is 2.76. The van der Waals surface area contributed by atoms with E-state index < -0.39 is 0 Å². The predicted molar refractivity (Wildman–Crippen MR) is 185 cm³/mol. The number of allylic oxidation sites excluding steroid dienone is 1. The van der Waals surface area contributed by atoms with E-state index >= 15 is 0 Å². The molecule has 4 aromatic carbocycles. The minimum Gasteiger partial charge on any atom is -0.493 e. The third kappa shape index (κ3) is 7.30. The van der Waals surface area contributed by atoms with Gasteiger partial charge in [-0.05, 0) is 52.4 Å². The number of hydrogen-bond acceptors (Lipinski definition) is 7. The van der Waals surface area contributed by atoms with Crippen molar-refractivity contribution in [3.8, 4) is 23.0 Å². The van der Waals surface area contributed by atoms with Gasteiger partial charge in [-0.25, -0.2) is 0 Å². The van der Waals surface area contributed by atoms with Gasteiger partial charge in [-0.3, -0.25) is 14.4 Å². The van der Waals surface area contributed by atoms with Crippen LogP contribution in [-0.4, -0.2) is 46.3 Å². The molecule has 2 aliphatic carbocycles. The Morgan fingerprint density at radius 1 is 0.596 bits per heavy atom. The number of hydrogen-bond donors (Lipinski definition) is 0. The average molecular weight is 635 g/mol. The molecule has 7 nitrogen and oxygen atoms in total. The van der Waals surface area contributed by atoms with Gasteiger partial charge in [0.25, 0.3) is 0 Å². The number of ketones is 2. The second-order valence-electron chi connectivity index (χ2n) is 12.4. The molecule has 244 valence electrons. The van der Waals surface area contributed by atoms with Crippen molar-refractivity contribution in [1.29, 1.82) is 0 Å². The largest absolute Gasteiger partial charge is 0.493 e. The van der Waals surface area contributed by atoms with Crippen molar-refractivity contribution in [2.45, 2.75) is 44.9 Å². The Kier molecular flexibility index (Phi) is 10.7. The van der Waals surface area contributed by atoms with Crippen molar-refractivity contribution in [2.24, 2.45) is 0 Å². The van der Waals surface area contributed by atoms with Gasteiger partial charge in [0.2, 0.25) is 0 Å². The number of aldehydes is 1. The Morgan fingerprint density at radius 2 is 1.04 bits per heavy atom. The topological polar surface area (TPSA) is 88.1 Å². The molecular formula is C40H42O7. The molecule has 0 fully saturated rings. The van der Waals surface area contributed by atoms with E-state index in [1.54, 1.807) is 52.7 Å². The number of methoxy groups -OCH3 is 4. The molecular weight excluding hydrogens is 592 g/mol. The van der Waals surface area contributed by atoms with E-state index in [0.717, 1.165) is 39.7 Å². The fourth-order valence-corrected chi connectivity index (χ4v) is 5.91. The first-order valence-electron chi connectivity index (χ1n) is 15.3. The van der Waals surface area contributed by atoms with Gasteiger partial charge in [-0.1, -0.05) is 88.4 Å². The van der Waals surface area contributed by atoms with Crippen molar-refractivity contribution in [3.05, 3.63) is 124 Å². The van der Waals surface area contributed by atoms with Crippen molar-refractivity contribution in [2.75, 3.05) is 28.4 Å². The number of ether oxygens (including phenoxy) is 4. The first-order valence-corrected chi connectivity index (χ1v) is 15.3. The predicted octanol–water partition coefficient (Wildman–Crippen LogP) is 8.33. The molecule has 0 bridgehead atoms. The van der Waals surface area contributed by atoms with Crippen molar-refractivity contribution >= 4 is 23.9 Å². The smallest absolute Gasteiger partial charge is 0.190 e. The summed E-state index contributed by atoms with van der Waals surface area (Å²) in [5, 5.41) is 0. The molecule has 0 saturated heterocycles. The lowest BCUT2D eigenvalue weighted by atomic mass is 9.82. The Balaban J connectivity index is 0.000000180. The van der Waals surface area contributed by atoms with E-state index in [2.05, 4.69) is 27.7 Å². The van der Waals surface area contributed by atoms with E-state index in [1.165, 1.54) is 0 Å². The summed E-state index contributed by atoms with van der Waals surface area (Å²) < 4.78 is 21.2. The second kappa shape index (κ2) is 14.5. The van der Waals surface area contributed by atoms with Crippen LogP contribution in [0.15, 0.2) is 90.5 Å². The molecule has 0 amide bonds. The molecule has 0 unspecified atom stereocenters. The van der Waals surface area contributed by atoms with Gasteiger partial charge in [0, 0.05) is 34.1 Å². The number of rotatable bonds is 6. The molecule has 47 heavy (non-hydrogen) atoms. The van der Waals surface area contributed by atoms with E-state index in [1.807, 2.05) is 66.7 Å². The molecule has 0 aliphatic heterocycles. The van der Waals surface area contributed by atoms with Crippen molar-refractivity contribution in [1.82, 2.24) is 0 Å². The highest BCUT2D eigenvalue weighted by molar-refractivity contribution is 6.18. The maximum absolute atomic E-state index is 12.9. The number of benzene rings is 4. The molecule has 6 rings (SSSR count). The maximum atomic E-state index is 12.9. The number of carbonyl (C=O) groups is 3. The number of fused-ring (bicyclic) bond motifs is 2. The highest BCUT2D eigenvalue weighted by atomic mass is 16.5. The van der Waals surface area contributed by atoms with Gasteiger partial charge < -0.3 is 18.9 Å². The Labute approximate surface area is 277 Å². The lowest BCUT2D eigenvalue weighted by molar-refractivity contribution is 0.0977. The lowest BCUT2D eigenvalue weighted by Gasteiger charge is -2.21. The highest BCUT2D eigenvalue weighted by Crippen LogP contribution is 2.47. The molecule has 0 N–H and O–H groups in total. The van der Waals surface area contributed by atoms with E-state index in [4.69, 9.17) is 18.9 Å². The third-order valence-electron chi connectivity index (χ3n) is 8.56. The number of carbonyl (C=O) groups excluding carboxylic acids is 3. The molecule has 0 radical (unpaired) electrons. The van der Waals surface area contributed by atoms with Crippen LogP contribution in [0.2, 0.25) is 0 Å². The van der Waals surface area contributed by atoms with E-state index in [0.29, 0.717) is 35.0 Å². The third-order valence-corrected chi connectivity index (χ3v) is 8.56. The van der Waals surface area contributed by atoms with Crippen LogP contribution in [0, 0.1) is 0 Å². The Morgan fingerprint density at radius 3 is 1.51 bits per heavy atom. The molecule has 0 heterocycles. The summed E-state index contributed by atoms with van der Waals surface area (Å²) in [4.78, 5) is 34.8. The Bertz CT molecular complexity index is 1780. The van der Waals surface area contributed by atoms with Gasteiger partial charge in [0.15, 0.2) is 34.6 Å². The molecule has 0 spiro atoms. The zero-order chi connectivity index (χ0) is 34.4. The van der Waals surface area contributed by atoms with E-state index in [-0.39, 0.29) is 22.4 Å². The van der Waals surface area contributed by atoms with Crippen LogP contribution in [0.4, 0.5) is 0 Å². The quantitative estimate of drug-likeness (QED) is 0.156. The minimum atomic E-state index is -0.373. The van der Waals surface area contributed by atoms with Crippen LogP contribution in [0.1, 0.15) is 81.9 Å². The molecule has 0 saturated carbocycles. The lowest BCUT2D eigenvalue weighted by Crippen LogP contribution is -2.17. The average Bonchev–Trinajstić information content (AvgIpc) is 3.43. The van der Waals surface area contributed by atoms with Crippen LogP contribution in [-0.2, 0) is 10.8 Å². The fourth-order valence-electron chi connectivity index (χ4n) is 5.91. The highest BCUT2D eigenvalue weighted by Gasteiger charge is 2.42. The molecule has 4 aromatic rings.